The van der Waals surface area contributed by atoms with Gasteiger partial charge in [-0.05, 0) is 50.3 Å². The Bertz CT molecular complexity index is 406. The van der Waals surface area contributed by atoms with E-state index in [-0.39, 0.29) is 6.10 Å². The van der Waals surface area contributed by atoms with Crippen molar-refractivity contribution in [3.63, 3.8) is 0 Å². The lowest BCUT2D eigenvalue weighted by molar-refractivity contribution is 0.112. The summed E-state index contributed by atoms with van der Waals surface area (Å²) in [4.78, 5) is 10.9. The Kier molecular flexibility index (Phi) is 3.67. The lowest BCUT2D eigenvalue weighted by Gasteiger charge is -2.17. The fourth-order valence-electron chi connectivity index (χ4n) is 2.24. The molecule has 0 unspecified atom stereocenters. The van der Waals surface area contributed by atoms with Gasteiger partial charge in [-0.3, -0.25) is 4.79 Å². The number of rotatable bonds is 4. The molecule has 3 nitrogen and oxygen atoms in total. The molecule has 0 aromatic heterocycles. The van der Waals surface area contributed by atoms with Crippen LogP contribution in [-0.4, -0.2) is 19.5 Å². The van der Waals surface area contributed by atoms with Crippen molar-refractivity contribution in [1.29, 1.82) is 0 Å². The maximum atomic E-state index is 10.9. The number of ether oxygens (including phenoxy) is 2. The van der Waals surface area contributed by atoms with E-state index in [9.17, 15) is 4.79 Å². The average molecular weight is 234 g/mol. The van der Waals surface area contributed by atoms with E-state index in [4.69, 9.17) is 9.47 Å². The summed E-state index contributed by atoms with van der Waals surface area (Å²) in [7, 11) is 1.62. The van der Waals surface area contributed by atoms with Crippen molar-refractivity contribution in [3.05, 3.63) is 23.3 Å². The minimum Gasteiger partial charge on any atom is -0.493 e. The van der Waals surface area contributed by atoms with Gasteiger partial charge in [0.05, 0.1) is 13.2 Å². The van der Waals surface area contributed by atoms with Crippen LogP contribution in [-0.2, 0) is 0 Å². The van der Waals surface area contributed by atoms with Crippen molar-refractivity contribution < 1.29 is 14.3 Å². The maximum Gasteiger partial charge on any atom is 0.162 e. The second kappa shape index (κ2) is 5.21. The SMILES string of the molecule is COc1cc(C)c(C=O)cc1OC1CCCC1. The first-order valence-electron chi connectivity index (χ1n) is 6.05. The van der Waals surface area contributed by atoms with Gasteiger partial charge in [-0.25, -0.2) is 0 Å². The van der Waals surface area contributed by atoms with Gasteiger partial charge < -0.3 is 9.47 Å². The average Bonchev–Trinajstić information content (AvgIpc) is 2.83. The molecule has 0 aliphatic heterocycles. The molecule has 17 heavy (non-hydrogen) atoms. The molecule has 92 valence electrons. The van der Waals surface area contributed by atoms with E-state index in [0.29, 0.717) is 17.1 Å². The highest BCUT2D eigenvalue weighted by atomic mass is 16.5. The fraction of sp³-hybridized carbons (Fsp3) is 0.500. The number of hydrogen-bond acceptors (Lipinski definition) is 3. The van der Waals surface area contributed by atoms with Gasteiger partial charge in [0.25, 0.3) is 0 Å². The summed E-state index contributed by atoms with van der Waals surface area (Å²) < 4.78 is 11.2. The Hall–Kier alpha value is -1.51. The number of benzene rings is 1. The summed E-state index contributed by atoms with van der Waals surface area (Å²) in [5.74, 6) is 1.40. The molecule has 0 heterocycles. The molecular formula is C14H18O3. The molecule has 1 aliphatic rings. The number of carbonyl (C=O) groups is 1. The van der Waals surface area contributed by atoms with Gasteiger partial charge >= 0.3 is 0 Å². The number of aldehydes is 1. The summed E-state index contributed by atoms with van der Waals surface area (Å²) in [6.45, 7) is 1.89. The van der Waals surface area contributed by atoms with Gasteiger partial charge in [0.2, 0.25) is 0 Å². The molecule has 1 aromatic rings. The summed E-state index contributed by atoms with van der Waals surface area (Å²) in [6.07, 6.45) is 5.75. The normalized spacial score (nSPS) is 15.9. The Labute approximate surface area is 102 Å². The maximum absolute atomic E-state index is 10.9. The first-order chi connectivity index (χ1) is 8.24. The van der Waals surface area contributed by atoms with Gasteiger partial charge in [-0.15, -0.1) is 0 Å². The Morgan fingerprint density at radius 3 is 2.53 bits per heavy atom. The molecule has 1 fully saturated rings. The van der Waals surface area contributed by atoms with Crippen LogP contribution in [0.2, 0.25) is 0 Å². The summed E-state index contributed by atoms with van der Waals surface area (Å²) in [5, 5.41) is 0. The van der Waals surface area contributed by atoms with Crippen LogP contribution >= 0.6 is 0 Å². The molecule has 1 aliphatic carbocycles. The van der Waals surface area contributed by atoms with E-state index in [1.807, 2.05) is 13.0 Å². The molecule has 0 spiro atoms. The monoisotopic (exact) mass is 234 g/mol. The van der Waals surface area contributed by atoms with E-state index in [1.54, 1.807) is 13.2 Å². The van der Waals surface area contributed by atoms with Crippen LogP contribution in [0, 0.1) is 6.92 Å². The molecule has 2 rings (SSSR count). The molecular weight excluding hydrogens is 216 g/mol. The highest BCUT2D eigenvalue weighted by Crippen LogP contribution is 2.33. The van der Waals surface area contributed by atoms with Crippen molar-refractivity contribution in [2.24, 2.45) is 0 Å². The lowest BCUT2D eigenvalue weighted by Crippen LogP contribution is -2.12. The molecule has 3 heteroatoms. The number of hydrogen-bond donors (Lipinski definition) is 0. The topological polar surface area (TPSA) is 35.5 Å². The third-order valence-corrected chi connectivity index (χ3v) is 3.28. The van der Waals surface area contributed by atoms with Crippen molar-refractivity contribution in [2.75, 3.05) is 7.11 Å². The predicted octanol–water partition coefficient (Wildman–Crippen LogP) is 3.14. The minimum absolute atomic E-state index is 0.270. The van der Waals surface area contributed by atoms with Gasteiger partial charge in [-0.2, -0.15) is 0 Å². The van der Waals surface area contributed by atoms with Gasteiger partial charge in [0.1, 0.15) is 6.29 Å². The van der Waals surface area contributed by atoms with Crippen molar-refractivity contribution >= 4 is 6.29 Å². The first-order valence-corrected chi connectivity index (χ1v) is 6.05. The van der Waals surface area contributed by atoms with Crippen LogP contribution < -0.4 is 9.47 Å². The van der Waals surface area contributed by atoms with Gasteiger partial charge in [0.15, 0.2) is 11.5 Å². The number of carbonyl (C=O) groups excluding carboxylic acids is 1. The zero-order valence-corrected chi connectivity index (χ0v) is 10.4. The number of methoxy groups -OCH3 is 1. The third-order valence-electron chi connectivity index (χ3n) is 3.28. The Morgan fingerprint density at radius 2 is 1.94 bits per heavy atom. The van der Waals surface area contributed by atoms with Crippen molar-refractivity contribution in [3.8, 4) is 11.5 Å². The molecule has 0 saturated heterocycles. The van der Waals surface area contributed by atoms with E-state index in [2.05, 4.69) is 0 Å². The summed E-state index contributed by atoms with van der Waals surface area (Å²) in [5.41, 5.74) is 1.58. The zero-order chi connectivity index (χ0) is 12.3. The molecule has 0 amide bonds. The van der Waals surface area contributed by atoms with Crippen LogP contribution in [0.5, 0.6) is 11.5 Å². The molecule has 0 bridgehead atoms. The van der Waals surface area contributed by atoms with Crippen LogP contribution in [0.15, 0.2) is 12.1 Å². The summed E-state index contributed by atoms with van der Waals surface area (Å²) in [6, 6.07) is 3.63. The molecule has 1 saturated carbocycles. The standard InChI is InChI=1S/C14H18O3/c1-10-7-13(16-2)14(8-11(10)9-15)17-12-5-3-4-6-12/h7-9,12H,3-6H2,1-2H3. The predicted molar refractivity (Wildman–Crippen MR) is 66.0 cm³/mol. The molecule has 1 aromatic carbocycles. The van der Waals surface area contributed by atoms with Crippen LogP contribution in [0.25, 0.3) is 0 Å². The minimum atomic E-state index is 0.270. The largest absolute Gasteiger partial charge is 0.493 e. The number of aryl methyl sites for hydroxylation is 1. The Morgan fingerprint density at radius 1 is 1.24 bits per heavy atom. The summed E-state index contributed by atoms with van der Waals surface area (Å²) >= 11 is 0. The quantitative estimate of drug-likeness (QED) is 0.751. The van der Waals surface area contributed by atoms with Gasteiger partial charge in [0, 0.05) is 5.56 Å². The van der Waals surface area contributed by atoms with E-state index in [0.717, 1.165) is 24.7 Å². The zero-order valence-electron chi connectivity index (χ0n) is 10.4. The lowest BCUT2D eigenvalue weighted by atomic mass is 10.1. The van der Waals surface area contributed by atoms with Gasteiger partial charge in [-0.1, -0.05) is 0 Å². The van der Waals surface area contributed by atoms with Crippen molar-refractivity contribution in [2.45, 2.75) is 38.7 Å². The van der Waals surface area contributed by atoms with E-state index >= 15 is 0 Å². The fourth-order valence-corrected chi connectivity index (χ4v) is 2.24. The first kappa shape index (κ1) is 12.0. The van der Waals surface area contributed by atoms with Crippen molar-refractivity contribution in [1.82, 2.24) is 0 Å². The third kappa shape index (κ3) is 2.60. The highest BCUT2D eigenvalue weighted by Gasteiger charge is 2.19. The van der Waals surface area contributed by atoms with E-state index in [1.165, 1.54) is 12.8 Å². The smallest absolute Gasteiger partial charge is 0.162 e. The second-order valence-corrected chi connectivity index (χ2v) is 4.50. The molecule has 0 atom stereocenters. The molecule has 0 N–H and O–H groups in total. The van der Waals surface area contributed by atoms with Crippen LogP contribution in [0.1, 0.15) is 41.6 Å². The molecule has 0 radical (unpaired) electrons. The second-order valence-electron chi connectivity index (χ2n) is 4.50. The Balaban J connectivity index is 2.26. The van der Waals surface area contributed by atoms with Crippen LogP contribution in [0.3, 0.4) is 0 Å². The highest BCUT2D eigenvalue weighted by molar-refractivity contribution is 5.79. The van der Waals surface area contributed by atoms with E-state index < -0.39 is 0 Å². The van der Waals surface area contributed by atoms with Crippen LogP contribution in [0.4, 0.5) is 0 Å².